The molecule has 0 radical (unpaired) electrons. The van der Waals surface area contributed by atoms with E-state index in [2.05, 4.69) is 10.1 Å². The maximum atomic E-state index is 5.81. The van der Waals surface area contributed by atoms with E-state index in [0.717, 1.165) is 5.56 Å². The van der Waals surface area contributed by atoms with E-state index in [-0.39, 0.29) is 0 Å². The van der Waals surface area contributed by atoms with Gasteiger partial charge in [-0.1, -0.05) is 16.8 Å². The number of aromatic nitrogens is 2. The third-order valence-corrected chi connectivity index (χ3v) is 2.33. The zero-order chi connectivity index (χ0) is 11.5. The Morgan fingerprint density at radius 3 is 3.00 bits per heavy atom. The van der Waals surface area contributed by atoms with E-state index in [1.807, 2.05) is 0 Å². The van der Waals surface area contributed by atoms with Gasteiger partial charge < -0.3 is 15.0 Å². The van der Waals surface area contributed by atoms with Gasteiger partial charge in [-0.2, -0.15) is 4.98 Å². The molecule has 1 aromatic heterocycles. The summed E-state index contributed by atoms with van der Waals surface area (Å²) in [6, 6.07) is 5.14. The van der Waals surface area contributed by atoms with Crippen molar-refractivity contribution in [1.82, 2.24) is 10.1 Å². The van der Waals surface area contributed by atoms with Crippen molar-refractivity contribution < 1.29 is 9.26 Å². The lowest BCUT2D eigenvalue weighted by Gasteiger charge is -1.98. The van der Waals surface area contributed by atoms with E-state index < -0.39 is 0 Å². The lowest BCUT2D eigenvalue weighted by atomic mass is 10.2. The van der Waals surface area contributed by atoms with Crippen molar-refractivity contribution in [2.45, 2.75) is 6.61 Å². The smallest absolute Gasteiger partial charge is 0.258 e. The van der Waals surface area contributed by atoms with Crippen LogP contribution in [0.25, 0.3) is 11.5 Å². The van der Waals surface area contributed by atoms with E-state index in [4.69, 9.17) is 26.6 Å². The van der Waals surface area contributed by atoms with Gasteiger partial charge in [0.15, 0.2) is 5.82 Å². The van der Waals surface area contributed by atoms with Gasteiger partial charge in [0.25, 0.3) is 5.89 Å². The molecule has 0 saturated heterocycles. The first-order valence-electron chi connectivity index (χ1n) is 4.57. The Kier molecular flexibility index (Phi) is 3.07. The van der Waals surface area contributed by atoms with Crippen LogP contribution in [0.4, 0.5) is 5.69 Å². The molecule has 0 fully saturated rings. The van der Waals surface area contributed by atoms with Crippen molar-refractivity contribution >= 4 is 17.3 Å². The molecule has 1 aromatic carbocycles. The summed E-state index contributed by atoms with van der Waals surface area (Å²) in [5.74, 6) is 0.890. The average molecular weight is 240 g/mol. The maximum Gasteiger partial charge on any atom is 0.258 e. The van der Waals surface area contributed by atoms with Crippen LogP contribution >= 0.6 is 11.6 Å². The molecule has 1 heterocycles. The summed E-state index contributed by atoms with van der Waals surface area (Å²) in [4.78, 5) is 4.14. The first-order chi connectivity index (χ1) is 7.70. The van der Waals surface area contributed by atoms with Crippen LogP contribution < -0.4 is 5.73 Å². The van der Waals surface area contributed by atoms with Crippen LogP contribution in [-0.4, -0.2) is 17.3 Å². The van der Waals surface area contributed by atoms with E-state index in [0.29, 0.717) is 29.0 Å². The number of halogens is 1. The normalized spacial score (nSPS) is 10.6. The summed E-state index contributed by atoms with van der Waals surface area (Å²) in [7, 11) is 1.57. The first kappa shape index (κ1) is 10.9. The molecule has 0 aliphatic rings. The summed E-state index contributed by atoms with van der Waals surface area (Å²) < 4.78 is 9.95. The SMILES string of the molecule is COCc1noc(-c2ccc(Cl)c(N)c2)n1. The lowest BCUT2D eigenvalue weighted by Crippen LogP contribution is -1.90. The Labute approximate surface area is 97.2 Å². The minimum Gasteiger partial charge on any atom is -0.398 e. The van der Waals surface area contributed by atoms with Crippen LogP contribution in [0.1, 0.15) is 5.82 Å². The van der Waals surface area contributed by atoms with Crippen LogP contribution in [0.5, 0.6) is 0 Å². The van der Waals surface area contributed by atoms with Crippen molar-refractivity contribution in [3.8, 4) is 11.5 Å². The highest BCUT2D eigenvalue weighted by atomic mass is 35.5. The molecule has 0 atom stereocenters. The summed E-state index contributed by atoms with van der Waals surface area (Å²) in [6.45, 7) is 0.312. The second kappa shape index (κ2) is 4.51. The molecular formula is C10H10ClN3O2. The van der Waals surface area contributed by atoms with Crippen LogP contribution in [0.3, 0.4) is 0 Å². The number of hydrogen-bond acceptors (Lipinski definition) is 5. The zero-order valence-corrected chi connectivity index (χ0v) is 9.36. The standard InChI is InChI=1S/C10H10ClN3O2/c1-15-5-9-13-10(16-14-9)6-2-3-7(11)8(12)4-6/h2-4H,5,12H2,1H3. The second-order valence-corrected chi connectivity index (χ2v) is 3.59. The molecule has 2 rings (SSSR count). The van der Waals surface area contributed by atoms with E-state index >= 15 is 0 Å². The van der Waals surface area contributed by atoms with E-state index in [1.165, 1.54) is 0 Å². The second-order valence-electron chi connectivity index (χ2n) is 3.19. The van der Waals surface area contributed by atoms with Crippen LogP contribution in [-0.2, 0) is 11.3 Å². The predicted molar refractivity (Wildman–Crippen MR) is 59.9 cm³/mol. The highest BCUT2D eigenvalue weighted by molar-refractivity contribution is 6.33. The lowest BCUT2D eigenvalue weighted by molar-refractivity contribution is 0.174. The van der Waals surface area contributed by atoms with Gasteiger partial charge in [0.2, 0.25) is 0 Å². The molecule has 0 saturated carbocycles. The largest absolute Gasteiger partial charge is 0.398 e. The van der Waals surface area contributed by atoms with Gasteiger partial charge in [-0.3, -0.25) is 0 Å². The molecule has 2 N–H and O–H groups in total. The molecule has 0 unspecified atom stereocenters. The van der Waals surface area contributed by atoms with Crippen molar-refractivity contribution in [2.24, 2.45) is 0 Å². The number of nitrogens with two attached hydrogens (primary N) is 1. The molecule has 84 valence electrons. The molecular weight excluding hydrogens is 230 g/mol. The number of anilines is 1. The third-order valence-electron chi connectivity index (χ3n) is 1.98. The van der Waals surface area contributed by atoms with Crippen LogP contribution in [0.15, 0.2) is 22.7 Å². The Hall–Kier alpha value is -1.59. The van der Waals surface area contributed by atoms with Gasteiger partial charge in [-0.05, 0) is 18.2 Å². The third kappa shape index (κ3) is 2.15. The molecule has 0 spiro atoms. The predicted octanol–water partition coefficient (Wildman–Crippen LogP) is 2.12. The van der Waals surface area contributed by atoms with E-state index in [9.17, 15) is 0 Å². The molecule has 0 bridgehead atoms. The van der Waals surface area contributed by atoms with Gasteiger partial charge in [-0.15, -0.1) is 0 Å². The molecule has 5 nitrogen and oxygen atoms in total. The Morgan fingerprint density at radius 2 is 2.31 bits per heavy atom. The number of nitrogen functional groups attached to an aromatic ring is 1. The average Bonchev–Trinajstić information content (AvgIpc) is 2.71. The van der Waals surface area contributed by atoms with Crippen molar-refractivity contribution in [3.63, 3.8) is 0 Å². The number of rotatable bonds is 3. The summed E-state index contributed by atoms with van der Waals surface area (Å²) in [5, 5.41) is 4.25. The summed E-state index contributed by atoms with van der Waals surface area (Å²) in [6.07, 6.45) is 0. The van der Waals surface area contributed by atoms with E-state index in [1.54, 1.807) is 25.3 Å². The van der Waals surface area contributed by atoms with Gasteiger partial charge in [0.05, 0.1) is 10.7 Å². The monoisotopic (exact) mass is 239 g/mol. The van der Waals surface area contributed by atoms with Crippen molar-refractivity contribution in [3.05, 3.63) is 29.0 Å². The summed E-state index contributed by atoms with van der Waals surface area (Å²) in [5.41, 5.74) is 6.89. The van der Waals surface area contributed by atoms with Crippen LogP contribution in [0, 0.1) is 0 Å². The zero-order valence-electron chi connectivity index (χ0n) is 8.61. The fourth-order valence-electron chi connectivity index (χ4n) is 1.24. The number of ether oxygens (including phenoxy) is 1. The molecule has 6 heteroatoms. The quantitative estimate of drug-likeness (QED) is 0.831. The molecule has 16 heavy (non-hydrogen) atoms. The van der Waals surface area contributed by atoms with Crippen LogP contribution in [0.2, 0.25) is 5.02 Å². The first-order valence-corrected chi connectivity index (χ1v) is 4.95. The topological polar surface area (TPSA) is 74.2 Å². The molecule has 0 aliphatic heterocycles. The number of benzene rings is 1. The summed E-state index contributed by atoms with van der Waals surface area (Å²) >= 11 is 5.81. The Morgan fingerprint density at radius 1 is 1.50 bits per heavy atom. The van der Waals surface area contributed by atoms with Gasteiger partial charge in [-0.25, -0.2) is 0 Å². The number of nitrogens with zero attached hydrogens (tertiary/aromatic N) is 2. The Balaban J connectivity index is 2.31. The number of hydrogen-bond donors (Lipinski definition) is 1. The van der Waals surface area contributed by atoms with Crippen molar-refractivity contribution in [2.75, 3.05) is 12.8 Å². The van der Waals surface area contributed by atoms with Gasteiger partial charge in [0, 0.05) is 12.7 Å². The highest BCUT2D eigenvalue weighted by Crippen LogP contribution is 2.25. The fraction of sp³-hybridized carbons (Fsp3) is 0.200. The van der Waals surface area contributed by atoms with Gasteiger partial charge in [0.1, 0.15) is 6.61 Å². The molecule has 2 aromatic rings. The number of methoxy groups -OCH3 is 1. The highest BCUT2D eigenvalue weighted by Gasteiger charge is 2.09. The molecule has 0 amide bonds. The van der Waals surface area contributed by atoms with Crippen molar-refractivity contribution in [1.29, 1.82) is 0 Å². The minimum atomic E-state index is 0.312. The van der Waals surface area contributed by atoms with Gasteiger partial charge >= 0.3 is 0 Å². The minimum absolute atomic E-state index is 0.312. The molecule has 0 aliphatic carbocycles. The fourth-order valence-corrected chi connectivity index (χ4v) is 1.35. The maximum absolute atomic E-state index is 5.81. The Bertz CT molecular complexity index is 499.